The van der Waals surface area contributed by atoms with Gasteiger partial charge in [-0.1, -0.05) is 138 Å². The van der Waals surface area contributed by atoms with Gasteiger partial charge >= 0.3 is 0 Å². The average molecular weight is 667 g/mol. The summed E-state index contributed by atoms with van der Waals surface area (Å²) in [6.07, 6.45) is 11.0. The third-order valence-corrected chi connectivity index (χ3v) is 9.51. The van der Waals surface area contributed by atoms with Gasteiger partial charge in [0, 0.05) is 39.3 Å². The van der Waals surface area contributed by atoms with Crippen molar-refractivity contribution < 1.29 is 0 Å². The standard InChI is InChI=1S/C47H44N2.C2H6/c1-6-16-35(29-33(2)42-32-38(47(3,4)5)26-27-44(42)48-39-20-11-8-12-21-39)37-25-28-46-43(31-37)41-23-13-14-24-45(41)49(46)40-22-15-19-36(30-40)34-17-9-7-10-18-34;1-2/h6-24,26-27,29-32,48H,2,25,28H2,1,3-5H3;1-2H3/b16-6-,35-29+;. The molecule has 1 N–H and O–H groups in total. The molecule has 0 saturated carbocycles. The molecular formula is C49H50N2. The lowest BCUT2D eigenvalue weighted by Crippen LogP contribution is -2.11. The lowest BCUT2D eigenvalue weighted by molar-refractivity contribution is 0.590. The molecule has 0 atom stereocenters. The maximum atomic E-state index is 4.66. The Kier molecular flexibility index (Phi) is 10.7. The van der Waals surface area contributed by atoms with Crippen molar-refractivity contribution in [1.82, 2.24) is 4.57 Å². The van der Waals surface area contributed by atoms with Crippen LogP contribution in [0.5, 0.6) is 0 Å². The zero-order chi connectivity index (χ0) is 36.0. The van der Waals surface area contributed by atoms with Gasteiger partial charge in [-0.3, -0.25) is 0 Å². The highest BCUT2D eigenvalue weighted by atomic mass is 15.0. The molecule has 2 nitrogen and oxygen atoms in total. The molecule has 0 bridgehead atoms. The molecule has 0 spiro atoms. The van der Waals surface area contributed by atoms with Crippen LogP contribution in [-0.4, -0.2) is 4.57 Å². The van der Waals surface area contributed by atoms with Crippen LogP contribution in [0, 0.1) is 0 Å². The fourth-order valence-electron chi connectivity index (χ4n) is 6.96. The van der Waals surface area contributed by atoms with Crippen LogP contribution in [0.2, 0.25) is 0 Å². The normalized spacial score (nSPS) is 13.0. The molecule has 0 unspecified atom stereocenters. The predicted molar refractivity (Wildman–Crippen MR) is 223 cm³/mol. The Morgan fingerprint density at radius 1 is 0.745 bits per heavy atom. The van der Waals surface area contributed by atoms with Gasteiger partial charge in [0.25, 0.3) is 0 Å². The number of aromatic nitrogens is 1. The van der Waals surface area contributed by atoms with E-state index in [9.17, 15) is 0 Å². The van der Waals surface area contributed by atoms with Gasteiger partial charge in [-0.2, -0.15) is 0 Å². The zero-order valence-electron chi connectivity index (χ0n) is 31.0. The van der Waals surface area contributed by atoms with Crippen LogP contribution >= 0.6 is 0 Å². The minimum atomic E-state index is 0.0211. The average Bonchev–Trinajstić information content (AvgIpc) is 3.50. The van der Waals surface area contributed by atoms with E-state index in [1.54, 1.807) is 0 Å². The minimum Gasteiger partial charge on any atom is -0.355 e. The molecule has 0 amide bonds. The second-order valence-corrected chi connectivity index (χ2v) is 13.9. The van der Waals surface area contributed by atoms with Crippen molar-refractivity contribution in [2.24, 2.45) is 0 Å². The Hall–Kier alpha value is -5.60. The maximum Gasteiger partial charge on any atom is 0.0537 e. The van der Waals surface area contributed by atoms with Crippen LogP contribution in [0.4, 0.5) is 11.4 Å². The molecule has 5 aromatic carbocycles. The number of nitrogens with one attached hydrogen (secondary N) is 1. The Morgan fingerprint density at radius 3 is 2.16 bits per heavy atom. The molecule has 51 heavy (non-hydrogen) atoms. The lowest BCUT2D eigenvalue weighted by atomic mass is 9.84. The van der Waals surface area contributed by atoms with Crippen molar-refractivity contribution in [2.45, 2.75) is 59.8 Å². The molecule has 7 rings (SSSR count). The van der Waals surface area contributed by atoms with Gasteiger partial charge < -0.3 is 9.88 Å². The first-order valence-corrected chi connectivity index (χ1v) is 18.3. The zero-order valence-corrected chi connectivity index (χ0v) is 31.0. The molecule has 0 saturated heterocycles. The van der Waals surface area contributed by atoms with Crippen LogP contribution in [0.1, 0.15) is 70.3 Å². The Morgan fingerprint density at radius 2 is 1.43 bits per heavy atom. The summed E-state index contributed by atoms with van der Waals surface area (Å²) in [7, 11) is 0. The molecule has 0 fully saturated rings. The van der Waals surface area contributed by atoms with E-state index < -0.39 is 0 Å². The van der Waals surface area contributed by atoms with Gasteiger partial charge in [0.15, 0.2) is 0 Å². The summed E-state index contributed by atoms with van der Waals surface area (Å²) < 4.78 is 2.47. The number of fused-ring (bicyclic) bond motifs is 3. The third-order valence-electron chi connectivity index (χ3n) is 9.51. The van der Waals surface area contributed by atoms with Gasteiger partial charge in [-0.15, -0.1) is 0 Å². The predicted octanol–water partition coefficient (Wildman–Crippen LogP) is 13.9. The van der Waals surface area contributed by atoms with E-state index in [1.165, 1.54) is 55.7 Å². The van der Waals surface area contributed by atoms with Crippen LogP contribution in [-0.2, 0) is 11.8 Å². The van der Waals surface area contributed by atoms with E-state index >= 15 is 0 Å². The second kappa shape index (κ2) is 15.5. The van der Waals surface area contributed by atoms with Crippen molar-refractivity contribution >= 4 is 33.9 Å². The van der Waals surface area contributed by atoms with Crippen molar-refractivity contribution in [3.8, 4) is 16.8 Å². The number of nitrogens with zero attached hydrogens (tertiary/aromatic N) is 1. The van der Waals surface area contributed by atoms with E-state index in [4.69, 9.17) is 0 Å². The topological polar surface area (TPSA) is 17.0 Å². The summed E-state index contributed by atoms with van der Waals surface area (Å²) in [6, 6.07) is 45.5. The summed E-state index contributed by atoms with van der Waals surface area (Å²) in [5, 5.41) is 4.94. The molecule has 0 radical (unpaired) electrons. The number of para-hydroxylation sites is 2. The highest BCUT2D eigenvalue weighted by Gasteiger charge is 2.23. The number of allylic oxidation sites excluding steroid dienone is 6. The molecule has 256 valence electrons. The van der Waals surface area contributed by atoms with Crippen LogP contribution < -0.4 is 5.32 Å². The maximum absolute atomic E-state index is 4.66. The molecule has 2 heteroatoms. The van der Waals surface area contributed by atoms with Gasteiger partial charge in [0.1, 0.15) is 0 Å². The Labute approximate surface area is 305 Å². The van der Waals surface area contributed by atoms with Gasteiger partial charge in [0.05, 0.1) is 5.52 Å². The number of benzene rings is 5. The SMILES string of the molecule is C=C(/C=C(\C=C/C)C1=Cc2c(n(-c3cccc(-c4ccccc4)c3)c3ccccc23)CC1)c1cc(C(C)(C)C)ccc1Nc1ccccc1.CC. The van der Waals surface area contributed by atoms with Gasteiger partial charge in [0.2, 0.25) is 0 Å². The van der Waals surface area contributed by atoms with E-state index in [0.29, 0.717) is 0 Å². The molecule has 1 heterocycles. The molecular weight excluding hydrogens is 617 g/mol. The minimum absolute atomic E-state index is 0.0211. The fourth-order valence-corrected chi connectivity index (χ4v) is 6.96. The summed E-state index contributed by atoms with van der Waals surface area (Å²) in [5.74, 6) is 0. The number of rotatable bonds is 8. The van der Waals surface area contributed by atoms with Gasteiger partial charge in [-0.05, 0) is 113 Å². The van der Waals surface area contributed by atoms with Crippen LogP contribution in [0.3, 0.4) is 0 Å². The number of anilines is 2. The lowest BCUT2D eigenvalue weighted by Gasteiger charge is -2.23. The van der Waals surface area contributed by atoms with Crippen molar-refractivity contribution in [2.75, 3.05) is 5.32 Å². The number of hydrogen-bond acceptors (Lipinski definition) is 1. The number of hydrogen-bond donors (Lipinski definition) is 1. The summed E-state index contributed by atoms with van der Waals surface area (Å²) >= 11 is 0. The van der Waals surface area contributed by atoms with Crippen LogP contribution in [0.25, 0.3) is 39.4 Å². The van der Waals surface area contributed by atoms with Crippen molar-refractivity contribution in [1.29, 1.82) is 0 Å². The summed E-state index contributed by atoms with van der Waals surface area (Å²) in [4.78, 5) is 0. The second-order valence-electron chi connectivity index (χ2n) is 13.9. The molecule has 1 aromatic heterocycles. The molecule has 1 aliphatic carbocycles. The van der Waals surface area contributed by atoms with E-state index in [-0.39, 0.29) is 5.41 Å². The quantitative estimate of drug-likeness (QED) is 0.160. The first kappa shape index (κ1) is 35.2. The van der Waals surface area contributed by atoms with E-state index in [2.05, 4.69) is 190 Å². The Bertz CT molecular complexity index is 2240. The Balaban J connectivity index is 0.00000220. The summed E-state index contributed by atoms with van der Waals surface area (Å²) in [6.45, 7) is 17.5. The fraction of sp³-hybridized carbons (Fsp3) is 0.184. The first-order valence-electron chi connectivity index (χ1n) is 18.3. The smallest absolute Gasteiger partial charge is 0.0537 e. The monoisotopic (exact) mass is 666 g/mol. The molecule has 1 aliphatic rings. The highest BCUT2D eigenvalue weighted by molar-refractivity contribution is 5.95. The summed E-state index contributed by atoms with van der Waals surface area (Å²) in [5.41, 5.74) is 15.6. The van der Waals surface area contributed by atoms with E-state index in [0.717, 1.165) is 35.4 Å². The van der Waals surface area contributed by atoms with E-state index in [1.807, 2.05) is 19.9 Å². The molecule has 0 aliphatic heterocycles. The molecule has 6 aromatic rings. The van der Waals surface area contributed by atoms with Gasteiger partial charge in [-0.25, -0.2) is 0 Å². The van der Waals surface area contributed by atoms with Crippen molar-refractivity contribution in [3.63, 3.8) is 0 Å². The largest absolute Gasteiger partial charge is 0.355 e. The third kappa shape index (κ3) is 7.61. The van der Waals surface area contributed by atoms with Crippen molar-refractivity contribution in [3.05, 3.63) is 186 Å². The highest BCUT2D eigenvalue weighted by Crippen LogP contribution is 2.40. The van der Waals surface area contributed by atoms with Crippen LogP contribution in [0.15, 0.2) is 163 Å². The first-order chi connectivity index (χ1) is 24.8.